The Labute approximate surface area is 162 Å². The van der Waals surface area contributed by atoms with Crippen molar-refractivity contribution < 1.29 is 17.6 Å². The number of hydrogen-bond donors (Lipinski definition) is 0. The zero-order valence-corrected chi connectivity index (χ0v) is 16.4. The number of nitrogens with zero attached hydrogens (tertiary/aromatic N) is 4. The summed E-state index contributed by atoms with van der Waals surface area (Å²) in [6.07, 6.45) is 2.80. The van der Waals surface area contributed by atoms with Gasteiger partial charge >= 0.3 is 0 Å². The first-order valence-corrected chi connectivity index (χ1v) is 10.5. The summed E-state index contributed by atoms with van der Waals surface area (Å²) in [6.45, 7) is 0.759. The van der Waals surface area contributed by atoms with E-state index in [1.807, 2.05) is 0 Å². The minimum absolute atomic E-state index is 0.0368. The Hall–Kier alpha value is -2.00. The van der Waals surface area contributed by atoms with Crippen molar-refractivity contribution in [3.63, 3.8) is 0 Å². The Kier molecular flexibility index (Phi) is 5.81. The van der Waals surface area contributed by atoms with Crippen LogP contribution < -0.4 is 0 Å². The average Bonchev–Trinajstić information content (AvgIpc) is 3.09. The van der Waals surface area contributed by atoms with Crippen LogP contribution >= 0.6 is 11.6 Å². The summed E-state index contributed by atoms with van der Waals surface area (Å²) in [5.41, 5.74) is 0.787. The summed E-state index contributed by atoms with van der Waals surface area (Å²) < 4.78 is 39.9. The number of aromatic nitrogens is 3. The van der Waals surface area contributed by atoms with Crippen LogP contribution in [0.2, 0.25) is 5.02 Å². The van der Waals surface area contributed by atoms with E-state index in [0.717, 1.165) is 5.56 Å². The molecular weight excluding hydrogens is 395 g/mol. The molecule has 0 unspecified atom stereocenters. The second-order valence-corrected chi connectivity index (χ2v) is 9.13. The fourth-order valence-electron chi connectivity index (χ4n) is 3.20. The minimum Gasteiger partial charge on any atom is -0.343 e. The normalized spacial score (nSPS) is 15.9. The van der Waals surface area contributed by atoms with Crippen LogP contribution in [0.1, 0.15) is 24.8 Å². The van der Waals surface area contributed by atoms with Gasteiger partial charge < -0.3 is 9.47 Å². The molecule has 3 rings (SSSR count). The highest BCUT2D eigenvalue weighted by Crippen LogP contribution is 2.24. The quantitative estimate of drug-likeness (QED) is 0.747. The van der Waals surface area contributed by atoms with Gasteiger partial charge in [0.15, 0.2) is 0 Å². The van der Waals surface area contributed by atoms with Crippen LogP contribution in [0.5, 0.6) is 0 Å². The predicted molar refractivity (Wildman–Crippen MR) is 97.5 cm³/mol. The van der Waals surface area contributed by atoms with Crippen molar-refractivity contribution in [3.8, 4) is 0 Å². The van der Waals surface area contributed by atoms with E-state index < -0.39 is 20.9 Å². The van der Waals surface area contributed by atoms with E-state index in [0.29, 0.717) is 32.4 Å². The highest BCUT2D eigenvalue weighted by Gasteiger charge is 2.35. The Bertz CT molecular complexity index is 939. The number of amides is 1. The predicted octanol–water partition coefficient (Wildman–Crippen LogP) is 2.01. The monoisotopic (exact) mass is 414 g/mol. The Morgan fingerprint density at radius 3 is 2.63 bits per heavy atom. The van der Waals surface area contributed by atoms with Crippen molar-refractivity contribution in [2.24, 2.45) is 7.05 Å². The van der Waals surface area contributed by atoms with Crippen LogP contribution in [-0.4, -0.2) is 52.3 Å². The fraction of sp³-hybridized carbons (Fsp3) is 0.471. The molecule has 27 heavy (non-hydrogen) atoms. The molecule has 0 aliphatic carbocycles. The van der Waals surface area contributed by atoms with Gasteiger partial charge in [0.1, 0.15) is 12.1 Å². The van der Waals surface area contributed by atoms with Gasteiger partial charge in [0, 0.05) is 26.6 Å². The summed E-state index contributed by atoms with van der Waals surface area (Å²) in [5, 5.41) is 6.75. The molecule has 1 fully saturated rings. The first-order valence-electron chi connectivity index (χ1n) is 8.58. The Morgan fingerprint density at radius 1 is 1.33 bits per heavy atom. The molecule has 2 heterocycles. The van der Waals surface area contributed by atoms with Crippen molar-refractivity contribution >= 4 is 27.3 Å². The molecule has 7 nitrogen and oxygen atoms in total. The first kappa shape index (κ1) is 19.8. The third kappa shape index (κ3) is 4.30. The van der Waals surface area contributed by atoms with Crippen LogP contribution in [-0.2, 0) is 28.1 Å². The highest BCUT2D eigenvalue weighted by molar-refractivity contribution is 7.91. The van der Waals surface area contributed by atoms with Crippen LogP contribution in [0.15, 0.2) is 29.7 Å². The van der Waals surface area contributed by atoms with Crippen LogP contribution in [0.25, 0.3) is 0 Å². The lowest BCUT2D eigenvalue weighted by atomic mass is 10.1. The molecule has 1 saturated heterocycles. The molecule has 0 N–H and O–H groups in total. The van der Waals surface area contributed by atoms with Crippen molar-refractivity contribution in [2.75, 3.05) is 13.1 Å². The lowest BCUT2D eigenvalue weighted by Gasteiger charge is -2.31. The second-order valence-electron chi connectivity index (χ2n) is 6.60. The van der Waals surface area contributed by atoms with E-state index >= 15 is 0 Å². The smallest absolute Gasteiger partial charge is 0.249 e. The number of piperidine rings is 1. The molecule has 0 saturated carbocycles. The van der Waals surface area contributed by atoms with E-state index in [2.05, 4.69) is 10.2 Å². The van der Waals surface area contributed by atoms with Crippen molar-refractivity contribution in [3.05, 3.63) is 40.9 Å². The molecule has 0 spiro atoms. The number of benzene rings is 1. The van der Waals surface area contributed by atoms with Gasteiger partial charge in [-0.3, -0.25) is 4.79 Å². The number of aryl methyl sites for hydroxylation is 2. The van der Waals surface area contributed by atoms with E-state index in [1.165, 1.54) is 23.0 Å². The fourth-order valence-corrected chi connectivity index (χ4v) is 5.14. The van der Waals surface area contributed by atoms with Gasteiger partial charge in [-0.1, -0.05) is 17.7 Å². The molecule has 0 bridgehead atoms. The molecule has 0 radical (unpaired) electrons. The van der Waals surface area contributed by atoms with Gasteiger partial charge in [0.25, 0.3) is 0 Å². The van der Waals surface area contributed by atoms with Gasteiger partial charge in [-0.15, -0.1) is 10.2 Å². The molecule has 1 amide bonds. The van der Waals surface area contributed by atoms with E-state index in [4.69, 9.17) is 11.6 Å². The van der Waals surface area contributed by atoms with Gasteiger partial charge in [0.2, 0.25) is 20.9 Å². The zero-order valence-electron chi connectivity index (χ0n) is 14.8. The highest BCUT2D eigenvalue weighted by atomic mass is 35.5. The largest absolute Gasteiger partial charge is 0.343 e. The van der Waals surface area contributed by atoms with Crippen LogP contribution in [0.3, 0.4) is 0 Å². The third-order valence-electron chi connectivity index (χ3n) is 4.77. The van der Waals surface area contributed by atoms with Crippen molar-refractivity contribution in [1.82, 2.24) is 19.7 Å². The van der Waals surface area contributed by atoms with Gasteiger partial charge in [-0.2, -0.15) is 0 Å². The summed E-state index contributed by atoms with van der Waals surface area (Å²) in [4.78, 5) is 14.1. The maximum Gasteiger partial charge on any atom is 0.249 e. The van der Waals surface area contributed by atoms with Crippen molar-refractivity contribution in [2.45, 2.75) is 36.1 Å². The summed E-state index contributed by atoms with van der Waals surface area (Å²) in [5.74, 6) is -0.539. The minimum atomic E-state index is -3.56. The number of hydrogen-bond acceptors (Lipinski definition) is 5. The molecule has 1 aromatic carbocycles. The topological polar surface area (TPSA) is 85.2 Å². The lowest BCUT2D eigenvalue weighted by Crippen LogP contribution is -2.43. The number of sulfone groups is 1. The molecule has 2 aromatic rings. The molecule has 146 valence electrons. The molecule has 10 heteroatoms. The zero-order chi connectivity index (χ0) is 19.6. The molecular formula is C17H20ClFN4O3S. The number of carbonyl (C=O) groups is 1. The van der Waals surface area contributed by atoms with Gasteiger partial charge in [-0.05, 0) is 37.0 Å². The molecule has 1 aliphatic rings. The van der Waals surface area contributed by atoms with E-state index in [1.54, 1.807) is 18.0 Å². The van der Waals surface area contributed by atoms with Crippen LogP contribution in [0.4, 0.5) is 4.39 Å². The summed E-state index contributed by atoms with van der Waals surface area (Å²) in [6, 6.07) is 4.41. The number of halogens is 2. The maximum atomic E-state index is 13.2. The van der Waals surface area contributed by atoms with Gasteiger partial charge in [0.05, 0.1) is 10.3 Å². The van der Waals surface area contributed by atoms with Crippen LogP contribution in [0, 0.1) is 5.82 Å². The number of likely N-dealkylation sites (tertiary alicyclic amines) is 1. The van der Waals surface area contributed by atoms with E-state index in [9.17, 15) is 17.6 Å². The second kappa shape index (κ2) is 7.93. The molecule has 1 aliphatic heterocycles. The van der Waals surface area contributed by atoms with Crippen molar-refractivity contribution in [1.29, 1.82) is 0 Å². The summed E-state index contributed by atoms with van der Waals surface area (Å²) in [7, 11) is -1.97. The first-order chi connectivity index (χ1) is 12.8. The Balaban J connectivity index is 1.55. The molecule has 1 aromatic heterocycles. The maximum absolute atomic E-state index is 13.2. The van der Waals surface area contributed by atoms with E-state index in [-0.39, 0.29) is 22.5 Å². The average molecular weight is 415 g/mol. The molecule has 0 atom stereocenters. The Morgan fingerprint density at radius 2 is 2.04 bits per heavy atom. The SMILES string of the molecule is Cn1cnnc1S(=O)(=O)C1CCN(C(=O)CCc2ccc(F)c(Cl)c2)CC1. The standard InChI is InChI=1S/C17H20ClFN4O3S/c1-22-11-20-21-17(22)27(25,26)13-6-8-23(9-7-13)16(24)5-3-12-2-4-15(19)14(18)10-12/h2,4,10-11,13H,3,5-9H2,1H3. The number of carbonyl (C=O) groups excluding carboxylic acids is 1. The number of rotatable bonds is 5. The lowest BCUT2D eigenvalue weighted by molar-refractivity contribution is -0.132. The third-order valence-corrected chi connectivity index (χ3v) is 7.29. The van der Waals surface area contributed by atoms with Gasteiger partial charge in [-0.25, -0.2) is 12.8 Å². The summed E-state index contributed by atoms with van der Waals surface area (Å²) >= 11 is 5.75.